The Balaban J connectivity index is 2.02. The topological polar surface area (TPSA) is 37.2 Å². The minimum atomic E-state index is 0.137. The molecule has 0 fully saturated rings. The van der Waals surface area contributed by atoms with Gasteiger partial charge in [-0.25, -0.2) is 0 Å². The van der Waals surface area contributed by atoms with Crippen molar-refractivity contribution < 1.29 is 5.11 Å². The van der Waals surface area contributed by atoms with Crippen LogP contribution in [-0.2, 0) is 13.1 Å². The van der Waals surface area contributed by atoms with Gasteiger partial charge in [0.05, 0.1) is 6.61 Å². The summed E-state index contributed by atoms with van der Waals surface area (Å²) in [6.07, 6.45) is 0. The zero-order valence-corrected chi connectivity index (χ0v) is 15.0. The van der Waals surface area contributed by atoms with Crippen molar-refractivity contribution in [2.75, 3.05) is 13.2 Å². The third-order valence-corrected chi connectivity index (χ3v) is 4.88. The summed E-state index contributed by atoms with van der Waals surface area (Å²) in [7, 11) is 0. The van der Waals surface area contributed by atoms with Gasteiger partial charge in [-0.15, -0.1) is 0 Å². The van der Waals surface area contributed by atoms with Crippen LogP contribution < -0.4 is 5.32 Å². The number of nitrogens with zero attached hydrogens (tertiary/aromatic N) is 1. The van der Waals surface area contributed by atoms with Crippen LogP contribution >= 0.6 is 23.2 Å². The molecule has 1 aromatic heterocycles. The fraction of sp³-hybridized carbons (Fsp3) is 0.263. The number of hydrogen-bond donors (Lipinski definition) is 2. The Hall–Kier alpha value is -1.52. The van der Waals surface area contributed by atoms with Crippen LogP contribution in [0.2, 0.25) is 10.0 Å². The maximum atomic E-state index is 8.99. The van der Waals surface area contributed by atoms with Crippen molar-refractivity contribution in [3.8, 4) is 0 Å². The van der Waals surface area contributed by atoms with E-state index in [2.05, 4.69) is 35.0 Å². The molecule has 0 bridgehead atoms. The second-order valence-electron chi connectivity index (χ2n) is 5.80. The highest BCUT2D eigenvalue weighted by molar-refractivity contribution is 6.35. The number of aromatic nitrogens is 1. The van der Waals surface area contributed by atoms with Gasteiger partial charge in [-0.1, -0.05) is 47.5 Å². The second-order valence-corrected chi connectivity index (χ2v) is 6.65. The van der Waals surface area contributed by atoms with Gasteiger partial charge in [0.25, 0.3) is 0 Å². The van der Waals surface area contributed by atoms with Crippen molar-refractivity contribution in [3.05, 3.63) is 69.3 Å². The molecule has 3 rings (SSSR count). The Kier molecular flexibility index (Phi) is 5.47. The molecule has 0 unspecified atom stereocenters. The van der Waals surface area contributed by atoms with Crippen LogP contribution in [0.5, 0.6) is 0 Å². The van der Waals surface area contributed by atoms with Gasteiger partial charge in [-0.05, 0) is 36.2 Å². The van der Waals surface area contributed by atoms with Gasteiger partial charge in [0, 0.05) is 46.3 Å². The van der Waals surface area contributed by atoms with E-state index >= 15 is 0 Å². The lowest BCUT2D eigenvalue weighted by Crippen LogP contribution is -2.18. The van der Waals surface area contributed by atoms with Crippen molar-refractivity contribution in [3.63, 3.8) is 0 Å². The van der Waals surface area contributed by atoms with Crippen LogP contribution in [0.15, 0.2) is 42.5 Å². The standard InChI is InChI=1S/C19H20Cl2N2O/c1-13-17(11-22-8-9-24)16-4-2-3-5-19(16)23(13)12-14-6-7-15(20)10-18(14)21/h2-7,10,22,24H,8-9,11-12H2,1H3. The van der Waals surface area contributed by atoms with Gasteiger partial charge in [-0.3, -0.25) is 0 Å². The summed E-state index contributed by atoms with van der Waals surface area (Å²) in [6, 6.07) is 14.0. The first-order valence-corrected chi connectivity index (χ1v) is 8.69. The molecule has 0 radical (unpaired) electrons. The fourth-order valence-electron chi connectivity index (χ4n) is 3.04. The molecule has 0 atom stereocenters. The summed E-state index contributed by atoms with van der Waals surface area (Å²) in [4.78, 5) is 0. The number of hydrogen-bond acceptors (Lipinski definition) is 2. The molecule has 0 saturated heterocycles. The summed E-state index contributed by atoms with van der Waals surface area (Å²) in [5.41, 5.74) is 4.68. The largest absolute Gasteiger partial charge is 0.395 e. The maximum absolute atomic E-state index is 8.99. The highest BCUT2D eigenvalue weighted by atomic mass is 35.5. The van der Waals surface area contributed by atoms with Gasteiger partial charge in [0.1, 0.15) is 0 Å². The average Bonchev–Trinajstić information content (AvgIpc) is 2.83. The van der Waals surface area contributed by atoms with Gasteiger partial charge in [0.15, 0.2) is 0 Å². The lowest BCUT2D eigenvalue weighted by Gasteiger charge is -2.11. The van der Waals surface area contributed by atoms with E-state index in [-0.39, 0.29) is 6.61 Å². The average molecular weight is 363 g/mol. The number of fused-ring (bicyclic) bond motifs is 1. The normalized spacial score (nSPS) is 11.3. The smallest absolute Gasteiger partial charge is 0.0556 e. The lowest BCUT2D eigenvalue weighted by molar-refractivity contribution is 0.292. The Morgan fingerprint density at radius 3 is 2.67 bits per heavy atom. The van der Waals surface area contributed by atoms with Gasteiger partial charge in [-0.2, -0.15) is 0 Å². The zero-order chi connectivity index (χ0) is 17.1. The summed E-state index contributed by atoms with van der Waals surface area (Å²) in [6.45, 7) is 4.27. The molecule has 126 valence electrons. The predicted molar refractivity (Wildman–Crippen MR) is 101 cm³/mol. The van der Waals surface area contributed by atoms with Crippen molar-refractivity contribution in [1.29, 1.82) is 0 Å². The maximum Gasteiger partial charge on any atom is 0.0556 e. The highest BCUT2D eigenvalue weighted by Gasteiger charge is 2.14. The molecule has 0 amide bonds. The molecular formula is C19H20Cl2N2O. The van der Waals surface area contributed by atoms with Crippen molar-refractivity contribution in [1.82, 2.24) is 9.88 Å². The third kappa shape index (κ3) is 3.45. The zero-order valence-electron chi connectivity index (χ0n) is 13.5. The Morgan fingerprint density at radius 2 is 1.92 bits per heavy atom. The first-order chi connectivity index (χ1) is 11.6. The van der Waals surface area contributed by atoms with Gasteiger partial charge < -0.3 is 15.0 Å². The molecule has 5 heteroatoms. The number of benzene rings is 2. The number of nitrogens with one attached hydrogen (secondary N) is 1. The molecule has 0 aliphatic rings. The van der Waals surface area contributed by atoms with Crippen LogP contribution in [0.4, 0.5) is 0 Å². The van der Waals surface area contributed by atoms with Crippen molar-refractivity contribution in [2.24, 2.45) is 0 Å². The van der Waals surface area contributed by atoms with Crippen molar-refractivity contribution >= 4 is 34.1 Å². The SMILES string of the molecule is Cc1c(CNCCO)c2ccccc2n1Cc1ccc(Cl)cc1Cl. The molecule has 0 saturated carbocycles. The molecule has 0 spiro atoms. The number of aliphatic hydroxyl groups is 1. The molecule has 2 aromatic carbocycles. The summed E-state index contributed by atoms with van der Waals surface area (Å²) < 4.78 is 2.28. The van der Waals surface area contributed by atoms with E-state index in [1.165, 1.54) is 22.2 Å². The number of rotatable bonds is 6. The second kappa shape index (κ2) is 7.58. The number of aliphatic hydroxyl groups excluding tert-OH is 1. The van der Waals surface area contributed by atoms with E-state index < -0.39 is 0 Å². The quantitative estimate of drug-likeness (QED) is 0.638. The summed E-state index contributed by atoms with van der Waals surface area (Å²) >= 11 is 12.4. The van der Waals surface area contributed by atoms with E-state index in [1.54, 1.807) is 6.07 Å². The van der Waals surface area contributed by atoms with E-state index in [4.69, 9.17) is 28.3 Å². The summed E-state index contributed by atoms with van der Waals surface area (Å²) in [5, 5.41) is 14.8. The Labute approximate surface area is 151 Å². The molecule has 0 aliphatic carbocycles. The van der Waals surface area contributed by atoms with Crippen LogP contribution in [0.25, 0.3) is 10.9 Å². The molecule has 3 aromatic rings. The molecule has 1 heterocycles. The first kappa shape index (κ1) is 17.3. The van der Waals surface area contributed by atoms with Gasteiger partial charge >= 0.3 is 0 Å². The number of para-hydroxylation sites is 1. The Morgan fingerprint density at radius 1 is 1.12 bits per heavy atom. The van der Waals surface area contributed by atoms with Crippen LogP contribution in [-0.4, -0.2) is 22.8 Å². The molecule has 2 N–H and O–H groups in total. The molecular weight excluding hydrogens is 343 g/mol. The monoisotopic (exact) mass is 362 g/mol. The van der Waals surface area contributed by atoms with Crippen LogP contribution in [0.3, 0.4) is 0 Å². The fourth-order valence-corrected chi connectivity index (χ4v) is 3.51. The minimum absolute atomic E-state index is 0.137. The highest BCUT2D eigenvalue weighted by Crippen LogP contribution is 2.29. The molecule has 3 nitrogen and oxygen atoms in total. The van der Waals surface area contributed by atoms with Gasteiger partial charge in [0.2, 0.25) is 0 Å². The van der Waals surface area contributed by atoms with E-state index in [9.17, 15) is 0 Å². The van der Waals surface area contributed by atoms with Crippen LogP contribution in [0, 0.1) is 6.92 Å². The predicted octanol–water partition coefficient (Wildman–Crippen LogP) is 4.39. The lowest BCUT2D eigenvalue weighted by atomic mass is 10.1. The minimum Gasteiger partial charge on any atom is -0.395 e. The third-order valence-electron chi connectivity index (χ3n) is 4.30. The number of halogens is 2. The molecule has 0 aliphatic heterocycles. The van der Waals surface area contributed by atoms with E-state index in [0.29, 0.717) is 23.1 Å². The van der Waals surface area contributed by atoms with Crippen molar-refractivity contribution in [2.45, 2.75) is 20.0 Å². The Bertz CT molecular complexity index is 858. The molecule has 24 heavy (non-hydrogen) atoms. The van der Waals surface area contributed by atoms with Crippen LogP contribution in [0.1, 0.15) is 16.8 Å². The first-order valence-electron chi connectivity index (χ1n) is 7.94. The van der Waals surface area contributed by atoms with E-state index in [0.717, 1.165) is 12.1 Å². The van der Waals surface area contributed by atoms with E-state index in [1.807, 2.05) is 18.2 Å². The summed E-state index contributed by atoms with van der Waals surface area (Å²) in [5.74, 6) is 0.